The van der Waals surface area contributed by atoms with Gasteiger partial charge in [0.25, 0.3) is 0 Å². The maximum Gasteiger partial charge on any atom is 0.142 e. The van der Waals surface area contributed by atoms with Crippen LogP contribution in [0.2, 0.25) is 0 Å². The molecule has 1 aliphatic heterocycles. The molecule has 2 aliphatic rings. The van der Waals surface area contributed by atoms with E-state index in [-0.39, 0.29) is 12.1 Å². The molecular weight excluding hydrogens is 240 g/mol. The molecule has 19 heavy (non-hydrogen) atoms. The van der Waals surface area contributed by atoms with E-state index >= 15 is 0 Å². The van der Waals surface area contributed by atoms with Gasteiger partial charge in [0.05, 0.1) is 17.9 Å². The Morgan fingerprint density at radius 2 is 2.11 bits per heavy atom. The van der Waals surface area contributed by atoms with Crippen LogP contribution >= 0.6 is 0 Å². The van der Waals surface area contributed by atoms with Gasteiger partial charge in [-0.1, -0.05) is 6.07 Å². The van der Waals surface area contributed by atoms with Gasteiger partial charge >= 0.3 is 0 Å². The lowest BCUT2D eigenvalue weighted by atomic mass is 9.93. The van der Waals surface area contributed by atoms with Gasteiger partial charge in [0, 0.05) is 12.6 Å². The molecule has 2 fully saturated rings. The van der Waals surface area contributed by atoms with Crippen molar-refractivity contribution in [2.45, 2.75) is 43.9 Å². The van der Waals surface area contributed by atoms with Crippen LogP contribution in [0.15, 0.2) is 18.2 Å². The van der Waals surface area contributed by atoms with Gasteiger partial charge in [-0.25, -0.2) is 0 Å². The van der Waals surface area contributed by atoms with Crippen LogP contribution in [0.1, 0.15) is 37.3 Å². The molecule has 4 nitrogen and oxygen atoms in total. The summed E-state index contributed by atoms with van der Waals surface area (Å²) in [5.41, 5.74) is 7.95. The highest BCUT2D eigenvalue weighted by Gasteiger charge is 2.27. The lowest BCUT2D eigenvalue weighted by molar-refractivity contribution is 0.0552. The number of nitrogen functional groups attached to an aromatic ring is 1. The van der Waals surface area contributed by atoms with Crippen LogP contribution in [0.4, 0.5) is 5.69 Å². The van der Waals surface area contributed by atoms with Gasteiger partial charge in [0.1, 0.15) is 5.75 Å². The van der Waals surface area contributed by atoms with Crippen LogP contribution in [0.5, 0.6) is 5.75 Å². The third kappa shape index (κ3) is 2.85. The molecule has 0 radical (unpaired) electrons. The molecule has 3 N–H and O–H groups in total. The van der Waals surface area contributed by atoms with E-state index < -0.39 is 0 Å². The van der Waals surface area contributed by atoms with Gasteiger partial charge < -0.3 is 15.6 Å². The van der Waals surface area contributed by atoms with Crippen molar-refractivity contribution >= 4 is 5.69 Å². The minimum absolute atomic E-state index is 0.204. The van der Waals surface area contributed by atoms with E-state index in [9.17, 15) is 5.11 Å². The Morgan fingerprint density at radius 3 is 2.79 bits per heavy atom. The number of benzene rings is 1. The number of rotatable bonds is 3. The normalized spacial score (nSPS) is 28.3. The van der Waals surface area contributed by atoms with E-state index in [4.69, 9.17) is 10.5 Å². The Hall–Kier alpha value is -1.26. The topological polar surface area (TPSA) is 58.7 Å². The summed E-state index contributed by atoms with van der Waals surface area (Å²) in [6.45, 7) is 0.923. The van der Waals surface area contributed by atoms with Crippen LogP contribution < -0.4 is 10.5 Å². The number of nitrogens with two attached hydrogens (primary N) is 1. The minimum Gasteiger partial charge on any atom is -0.488 e. The van der Waals surface area contributed by atoms with E-state index in [0.717, 1.165) is 38.0 Å². The average Bonchev–Trinajstić information content (AvgIpc) is 3.19. The third-order valence-electron chi connectivity index (χ3n) is 4.08. The number of hydrogen-bond donors (Lipinski definition) is 2. The zero-order chi connectivity index (χ0) is 13.4. The smallest absolute Gasteiger partial charge is 0.142 e. The summed E-state index contributed by atoms with van der Waals surface area (Å²) in [7, 11) is 2.10. The maximum atomic E-state index is 9.83. The number of anilines is 1. The summed E-state index contributed by atoms with van der Waals surface area (Å²) in [5, 5.41) is 9.83. The Kier molecular flexibility index (Phi) is 3.37. The molecule has 1 saturated carbocycles. The minimum atomic E-state index is -0.204. The zero-order valence-corrected chi connectivity index (χ0v) is 11.4. The molecule has 1 heterocycles. The summed E-state index contributed by atoms with van der Waals surface area (Å²) < 4.78 is 5.76. The number of likely N-dealkylation sites (tertiary alicyclic amines) is 1. The molecule has 0 bridgehead atoms. The number of hydrogen-bond acceptors (Lipinski definition) is 4. The van der Waals surface area contributed by atoms with Crippen LogP contribution in [0, 0.1) is 0 Å². The van der Waals surface area contributed by atoms with Gasteiger partial charge in [0.15, 0.2) is 0 Å². The standard InChI is InChI=1S/C15H22N2O2/c1-17-7-6-11(18)9-14(17)10-2-5-15(13(16)8-10)19-12-3-4-12/h2,5,8,11-12,14,18H,3-4,6-7,9,16H2,1H3. The van der Waals surface area contributed by atoms with E-state index in [1.54, 1.807) is 0 Å². The van der Waals surface area contributed by atoms with E-state index in [0.29, 0.717) is 11.8 Å². The number of nitrogens with zero attached hydrogens (tertiary/aromatic N) is 1. The van der Waals surface area contributed by atoms with E-state index in [2.05, 4.69) is 18.0 Å². The van der Waals surface area contributed by atoms with Crippen molar-refractivity contribution in [1.29, 1.82) is 0 Å². The van der Waals surface area contributed by atoms with E-state index in [1.807, 2.05) is 12.1 Å². The third-order valence-corrected chi connectivity index (χ3v) is 4.08. The molecule has 104 valence electrons. The summed E-state index contributed by atoms with van der Waals surface area (Å²) in [4.78, 5) is 2.28. The molecule has 0 amide bonds. The second-order valence-electron chi connectivity index (χ2n) is 5.79. The molecule has 1 aromatic rings. The zero-order valence-electron chi connectivity index (χ0n) is 11.4. The lowest BCUT2D eigenvalue weighted by Crippen LogP contribution is -2.36. The Labute approximate surface area is 114 Å². The monoisotopic (exact) mass is 262 g/mol. The molecule has 2 atom stereocenters. The van der Waals surface area contributed by atoms with E-state index in [1.165, 1.54) is 5.56 Å². The van der Waals surface area contributed by atoms with Gasteiger partial charge in [0.2, 0.25) is 0 Å². The van der Waals surface area contributed by atoms with Crippen molar-refractivity contribution in [3.63, 3.8) is 0 Å². The first-order valence-corrected chi connectivity index (χ1v) is 7.08. The second kappa shape index (κ2) is 5.02. The summed E-state index contributed by atoms with van der Waals surface area (Å²) >= 11 is 0. The number of aliphatic hydroxyl groups is 1. The molecule has 2 unspecified atom stereocenters. The molecule has 1 saturated heterocycles. The number of piperidine rings is 1. The first-order chi connectivity index (χ1) is 9.13. The van der Waals surface area contributed by atoms with Gasteiger partial charge in [-0.2, -0.15) is 0 Å². The highest BCUT2D eigenvalue weighted by Crippen LogP contribution is 2.35. The Balaban J connectivity index is 1.78. The fraction of sp³-hybridized carbons (Fsp3) is 0.600. The SMILES string of the molecule is CN1CCC(O)CC1c1ccc(OC2CC2)c(N)c1. The number of ether oxygens (including phenoxy) is 1. The fourth-order valence-electron chi connectivity index (χ4n) is 2.70. The summed E-state index contributed by atoms with van der Waals surface area (Å²) in [6.07, 6.45) is 4.07. The van der Waals surface area contributed by atoms with Crippen molar-refractivity contribution in [3.8, 4) is 5.75 Å². The lowest BCUT2D eigenvalue weighted by Gasteiger charge is -2.35. The maximum absolute atomic E-state index is 9.83. The summed E-state index contributed by atoms with van der Waals surface area (Å²) in [5.74, 6) is 0.797. The van der Waals surface area contributed by atoms with Crippen LogP contribution in [0.3, 0.4) is 0 Å². The Morgan fingerprint density at radius 1 is 1.32 bits per heavy atom. The largest absolute Gasteiger partial charge is 0.488 e. The highest BCUT2D eigenvalue weighted by molar-refractivity contribution is 5.55. The molecule has 3 rings (SSSR count). The molecular formula is C15H22N2O2. The molecule has 1 aliphatic carbocycles. The first kappa shape index (κ1) is 12.8. The average molecular weight is 262 g/mol. The number of aliphatic hydroxyl groups excluding tert-OH is 1. The Bertz CT molecular complexity index is 459. The van der Waals surface area contributed by atoms with Crippen LogP contribution in [-0.2, 0) is 0 Å². The van der Waals surface area contributed by atoms with Crippen molar-refractivity contribution in [2.24, 2.45) is 0 Å². The van der Waals surface area contributed by atoms with Crippen molar-refractivity contribution in [3.05, 3.63) is 23.8 Å². The summed E-state index contributed by atoms with van der Waals surface area (Å²) in [6, 6.07) is 6.29. The van der Waals surface area contributed by atoms with Gasteiger partial charge in [-0.05, 0) is 50.4 Å². The first-order valence-electron chi connectivity index (χ1n) is 7.08. The van der Waals surface area contributed by atoms with Crippen LogP contribution in [-0.4, -0.2) is 35.8 Å². The van der Waals surface area contributed by atoms with Crippen molar-refractivity contribution in [1.82, 2.24) is 4.90 Å². The molecule has 1 aromatic carbocycles. The van der Waals surface area contributed by atoms with Crippen molar-refractivity contribution < 1.29 is 9.84 Å². The quantitative estimate of drug-likeness (QED) is 0.817. The molecule has 0 aromatic heterocycles. The fourth-order valence-corrected chi connectivity index (χ4v) is 2.70. The van der Waals surface area contributed by atoms with Gasteiger partial charge in [-0.15, -0.1) is 0 Å². The second-order valence-corrected chi connectivity index (χ2v) is 5.79. The molecule has 4 heteroatoms. The van der Waals surface area contributed by atoms with Crippen molar-refractivity contribution in [2.75, 3.05) is 19.3 Å². The highest BCUT2D eigenvalue weighted by atomic mass is 16.5. The predicted molar refractivity (Wildman–Crippen MR) is 75.1 cm³/mol. The van der Waals surface area contributed by atoms with Gasteiger partial charge in [-0.3, -0.25) is 4.90 Å². The predicted octanol–water partition coefficient (Wildman–Crippen LogP) is 1.94. The van der Waals surface area contributed by atoms with Crippen LogP contribution in [0.25, 0.3) is 0 Å². The molecule has 0 spiro atoms.